The van der Waals surface area contributed by atoms with E-state index in [9.17, 15) is 8.42 Å². The molecule has 0 radical (unpaired) electrons. The molecule has 0 aliphatic carbocycles. The lowest BCUT2D eigenvalue weighted by atomic mass is 10.0. The van der Waals surface area contributed by atoms with Crippen LogP contribution in [-0.4, -0.2) is 40.8 Å². The summed E-state index contributed by atoms with van der Waals surface area (Å²) < 4.78 is 39.7. The maximum Gasteiger partial charge on any atom is 0.264 e. The van der Waals surface area contributed by atoms with E-state index in [4.69, 9.17) is 13.7 Å². The summed E-state index contributed by atoms with van der Waals surface area (Å²) in [5.41, 5.74) is 0. The van der Waals surface area contributed by atoms with Crippen LogP contribution in [0.15, 0.2) is 0 Å². The molecule has 0 N–H and O–H groups in total. The highest BCUT2D eigenvalue weighted by Crippen LogP contribution is 2.16. The zero-order chi connectivity index (χ0) is 33.7. The number of hydrogen-bond donors (Lipinski definition) is 0. The maximum absolute atomic E-state index is 11.4. The predicted molar refractivity (Wildman–Crippen MR) is 200 cm³/mol. The van der Waals surface area contributed by atoms with Crippen LogP contribution in [0.25, 0.3) is 0 Å². The summed E-state index contributed by atoms with van der Waals surface area (Å²) in [6.07, 6.45) is 44.5. The van der Waals surface area contributed by atoms with Crippen LogP contribution in [0.1, 0.15) is 226 Å². The van der Waals surface area contributed by atoms with E-state index in [2.05, 4.69) is 13.8 Å². The Morgan fingerprint density at radius 2 is 0.609 bits per heavy atom. The molecule has 5 nitrogen and oxygen atoms in total. The molecule has 46 heavy (non-hydrogen) atoms. The van der Waals surface area contributed by atoms with Crippen LogP contribution in [0.4, 0.5) is 0 Å². The Kier molecular flexibility index (Phi) is 37.5. The molecule has 6 heteroatoms. The summed E-state index contributed by atoms with van der Waals surface area (Å²) in [7, 11) is -3.44. The van der Waals surface area contributed by atoms with Gasteiger partial charge in [0.2, 0.25) is 0 Å². The van der Waals surface area contributed by atoms with Crippen molar-refractivity contribution < 1.29 is 22.1 Å². The Morgan fingerprint density at radius 1 is 0.370 bits per heavy atom. The van der Waals surface area contributed by atoms with Crippen molar-refractivity contribution in [2.75, 3.05) is 26.1 Å². The highest BCUT2D eigenvalue weighted by molar-refractivity contribution is 7.85. The first-order valence-electron chi connectivity index (χ1n) is 20.6. The van der Waals surface area contributed by atoms with E-state index in [1.165, 1.54) is 193 Å². The fourth-order valence-corrected chi connectivity index (χ4v) is 6.64. The summed E-state index contributed by atoms with van der Waals surface area (Å²) in [5.74, 6) is 0. The molecule has 0 unspecified atom stereocenters. The Labute approximate surface area is 289 Å². The number of unbranched alkanes of at least 4 members (excludes halogenated alkanes) is 30. The highest BCUT2D eigenvalue weighted by atomic mass is 32.2. The number of ether oxygens (including phenoxy) is 2. The molecule has 0 amide bonds. The first-order chi connectivity index (χ1) is 22.5. The molecule has 0 bridgehead atoms. The Balaban J connectivity index is 3.69. The lowest BCUT2D eigenvalue weighted by Crippen LogP contribution is -2.21. The van der Waals surface area contributed by atoms with Crippen LogP contribution in [-0.2, 0) is 23.8 Å². The van der Waals surface area contributed by atoms with Gasteiger partial charge in [-0.1, -0.05) is 206 Å². The van der Waals surface area contributed by atoms with Gasteiger partial charge >= 0.3 is 0 Å². The van der Waals surface area contributed by atoms with E-state index in [0.717, 1.165) is 19.1 Å². The predicted octanol–water partition coefficient (Wildman–Crippen LogP) is 13.2. The third kappa shape index (κ3) is 40.0. The lowest BCUT2D eigenvalue weighted by molar-refractivity contribution is -0.150. The molecule has 0 aromatic heterocycles. The topological polar surface area (TPSA) is 61.8 Å². The van der Waals surface area contributed by atoms with Crippen molar-refractivity contribution in [3.05, 3.63) is 0 Å². The zero-order valence-electron chi connectivity index (χ0n) is 31.5. The van der Waals surface area contributed by atoms with Crippen LogP contribution in [0, 0.1) is 0 Å². The van der Waals surface area contributed by atoms with Gasteiger partial charge in [-0.2, -0.15) is 8.42 Å². The fraction of sp³-hybridized carbons (Fsp3) is 1.00. The fourth-order valence-electron chi connectivity index (χ4n) is 6.24. The van der Waals surface area contributed by atoms with Gasteiger partial charge in [0.05, 0.1) is 12.9 Å². The zero-order valence-corrected chi connectivity index (χ0v) is 32.3. The van der Waals surface area contributed by atoms with Crippen LogP contribution in [0.5, 0.6) is 0 Å². The third-order valence-corrected chi connectivity index (χ3v) is 9.85. The maximum atomic E-state index is 11.4. The Bertz CT molecular complexity index is 631. The molecule has 0 spiro atoms. The molecular weight excluding hydrogens is 593 g/mol. The van der Waals surface area contributed by atoms with Gasteiger partial charge < -0.3 is 9.47 Å². The average molecular weight is 675 g/mol. The van der Waals surface area contributed by atoms with E-state index in [1.54, 1.807) is 0 Å². The molecule has 0 aromatic carbocycles. The normalized spacial score (nSPS) is 12.1. The van der Waals surface area contributed by atoms with Gasteiger partial charge in [0.25, 0.3) is 10.1 Å². The van der Waals surface area contributed by atoms with Crippen molar-refractivity contribution in [2.45, 2.75) is 232 Å². The van der Waals surface area contributed by atoms with Crippen LogP contribution >= 0.6 is 0 Å². The minimum atomic E-state index is -3.44. The van der Waals surface area contributed by atoms with Gasteiger partial charge in [-0.25, -0.2) is 0 Å². The smallest absolute Gasteiger partial charge is 0.264 e. The van der Waals surface area contributed by atoms with E-state index >= 15 is 0 Å². The molecule has 278 valence electrons. The van der Waals surface area contributed by atoms with Crippen molar-refractivity contribution in [3.63, 3.8) is 0 Å². The monoisotopic (exact) mass is 675 g/mol. The molecule has 0 aliphatic rings. The van der Waals surface area contributed by atoms with Gasteiger partial charge in [-0.3, -0.25) is 4.18 Å². The van der Waals surface area contributed by atoms with Crippen molar-refractivity contribution in [2.24, 2.45) is 0 Å². The molecule has 0 saturated heterocycles. The first kappa shape index (κ1) is 45.8. The van der Waals surface area contributed by atoms with E-state index in [1.807, 2.05) is 0 Å². The number of rotatable bonds is 40. The van der Waals surface area contributed by atoms with Crippen LogP contribution < -0.4 is 0 Å². The van der Waals surface area contributed by atoms with Crippen LogP contribution in [0.3, 0.4) is 0 Å². The molecule has 0 aliphatic heterocycles. The summed E-state index contributed by atoms with van der Waals surface area (Å²) in [6.45, 7) is 6.02. The lowest BCUT2D eigenvalue weighted by Gasteiger charge is -2.18. The van der Waals surface area contributed by atoms with Crippen LogP contribution in [0.2, 0.25) is 0 Å². The molecular formula is C40H82O5S. The summed E-state index contributed by atoms with van der Waals surface area (Å²) in [4.78, 5) is 0. The van der Waals surface area contributed by atoms with Gasteiger partial charge in [-0.05, 0) is 12.8 Å². The summed E-state index contributed by atoms with van der Waals surface area (Å²) in [5, 5.41) is 0. The van der Waals surface area contributed by atoms with Gasteiger partial charge in [0.1, 0.15) is 0 Å². The SMILES string of the molecule is CCCCCCCCCCCCCCCCCCOC(CCOS(C)(=O)=O)OCCCCCCCCCCCCCCCCCC. The number of hydrogen-bond acceptors (Lipinski definition) is 5. The summed E-state index contributed by atoms with van der Waals surface area (Å²) in [6, 6.07) is 0. The van der Waals surface area contributed by atoms with Crippen molar-refractivity contribution in [1.82, 2.24) is 0 Å². The average Bonchev–Trinajstić information content (AvgIpc) is 3.03. The van der Waals surface area contributed by atoms with Gasteiger partial charge in [-0.15, -0.1) is 0 Å². The van der Waals surface area contributed by atoms with Gasteiger partial charge in [0.15, 0.2) is 6.29 Å². The van der Waals surface area contributed by atoms with Crippen molar-refractivity contribution in [3.8, 4) is 0 Å². The van der Waals surface area contributed by atoms with E-state index in [-0.39, 0.29) is 12.9 Å². The second-order valence-corrected chi connectivity index (χ2v) is 15.7. The molecule has 0 fully saturated rings. The molecule has 0 atom stereocenters. The minimum Gasteiger partial charge on any atom is -0.353 e. The Morgan fingerprint density at radius 3 is 0.848 bits per heavy atom. The quantitative estimate of drug-likeness (QED) is 0.0368. The Hall–Kier alpha value is -0.170. The highest BCUT2D eigenvalue weighted by Gasteiger charge is 2.12. The molecule has 0 heterocycles. The molecule has 0 aromatic rings. The third-order valence-electron chi connectivity index (χ3n) is 9.25. The first-order valence-corrected chi connectivity index (χ1v) is 22.4. The van der Waals surface area contributed by atoms with E-state index < -0.39 is 10.1 Å². The van der Waals surface area contributed by atoms with E-state index in [0.29, 0.717) is 19.6 Å². The minimum absolute atomic E-state index is 0.113. The second kappa shape index (κ2) is 37.6. The molecule has 0 saturated carbocycles. The largest absolute Gasteiger partial charge is 0.353 e. The second-order valence-electron chi connectivity index (χ2n) is 14.1. The summed E-state index contributed by atoms with van der Waals surface area (Å²) >= 11 is 0. The molecule has 0 rings (SSSR count). The van der Waals surface area contributed by atoms with Gasteiger partial charge in [0, 0.05) is 19.6 Å². The van der Waals surface area contributed by atoms with Crippen molar-refractivity contribution >= 4 is 10.1 Å². The van der Waals surface area contributed by atoms with Crippen molar-refractivity contribution in [1.29, 1.82) is 0 Å². The standard InChI is InChI=1S/C40H82O5S/c1-4-6-8-10-12-14-16-18-20-22-24-26-28-30-32-34-37-43-40(36-39-45-46(3,41)42)44-38-35-33-31-29-27-25-23-21-19-17-15-13-11-9-7-5-2/h40H,4-39H2,1-3H3.